The van der Waals surface area contributed by atoms with Gasteiger partial charge < -0.3 is 19.9 Å². The van der Waals surface area contributed by atoms with Gasteiger partial charge in [0.25, 0.3) is 5.92 Å². The monoisotopic (exact) mass is 501 g/mol. The summed E-state index contributed by atoms with van der Waals surface area (Å²) in [6, 6.07) is 4.49. The Bertz CT molecular complexity index is 1400. The Morgan fingerprint density at radius 3 is 2.78 bits per heavy atom. The van der Waals surface area contributed by atoms with Crippen molar-refractivity contribution in [2.45, 2.75) is 31.0 Å². The third-order valence-corrected chi connectivity index (χ3v) is 6.88. The Morgan fingerprint density at radius 1 is 1.19 bits per heavy atom. The molecule has 190 valence electrons. The average Bonchev–Trinajstić information content (AvgIpc) is 3.43. The van der Waals surface area contributed by atoms with Gasteiger partial charge in [-0.1, -0.05) is 0 Å². The van der Waals surface area contributed by atoms with E-state index in [0.29, 0.717) is 48.0 Å². The van der Waals surface area contributed by atoms with Crippen molar-refractivity contribution in [3.05, 3.63) is 30.7 Å². The maximum atomic E-state index is 15.0. The summed E-state index contributed by atoms with van der Waals surface area (Å²) in [6.45, 7) is 0.906. The third kappa shape index (κ3) is 3.91. The SMILES string of the molecule is CNc1nc(N[C@@H]2CCN(C3COC3)CC2(F)F)nn2ccc(-c3ccc4ncn(CCF)c4n3)c12. The molecule has 2 saturated heterocycles. The van der Waals surface area contributed by atoms with Gasteiger partial charge in [-0.05, 0) is 24.6 Å². The van der Waals surface area contributed by atoms with Crippen LogP contribution in [0.2, 0.25) is 0 Å². The Labute approximate surface area is 204 Å². The first-order valence-electron chi connectivity index (χ1n) is 11.9. The molecule has 0 aliphatic carbocycles. The molecule has 0 aromatic carbocycles. The molecule has 2 aliphatic rings. The van der Waals surface area contributed by atoms with E-state index in [1.165, 1.54) is 0 Å². The number of hydrogen-bond donors (Lipinski definition) is 2. The molecule has 0 unspecified atom stereocenters. The number of fused-ring (bicyclic) bond motifs is 2. The molecule has 6 heterocycles. The highest BCUT2D eigenvalue weighted by atomic mass is 19.3. The molecule has 2 fully saturated rings. The minimum atomic E-state index is -2.93. The molecule has 1 atom stereocenters. The van der Waals surface area contributed by atoms with Gasteiger partial charge in [-0.2, -0.15) is 4.98 Å². The van der Waals surface area contributed by atoms with Crippen LogP contribution >= 0.6 is 0 Å². The van der Waals surface area contributed by atoms with Gasteiger partial charge in [0.05, 0.1) is 50.4 Å². The predicted octanol–water partition coefficient (Wildman–Crippen LogP) is 2.67. The summed E-state index contributed by atoms with van der Waals surface area (Å²) in [6.07, 6.45) is 3.58. The quantitative estimate of drug-likeness (QED) is 0.399. The Morgan fingerprint density at radius 2 is 2.06 bits per heavy atom. The van der Waals surface area contributed by atoms with Crippen LogP contribution in [0.5, 0.6) is 0 Å². The molecular weight excluding hydrogens is 475 g/mol. The highest BCUT2D eigenvalue weighted by molar-refractivity contribution is 5.89. The average molecular weight is 502 g/mol. The molecule has 0 radical (unpaired) electrons. The van der Waals surface area contributed by atoms with Crippen LogP contribution in [0.1, 0.15) is 6.42 Å². The summed E-state index contributed by atoms with van der Waals surface area (Å²) in [5.74, 6) is -2.35. The van der Waals surface area contributed by atoms with Crippen LogP contribution in [0.25, 0.3) is 27.9 Å². The second kappa shape index (κ2) is 8.89. The van der Waals surface area contributed by atoms with E-state index in [1.807, 2.05) is 18.2 Å². The van der Waals surface area contributed by atoms with Crippen molar-refractivity contribution in [2.24, 2.45) is 0 Å². The maximum absolute atomic E-state index is 15.0. The van der Waals surface area contributed by atoms with Crippen LogP contribution in [0.15, 0.2) is 30.7 Å². The first-order chi connectivity index (χ1) is 17.5. The lowest BCUT2D eigenvalue weighted by Gasteiger charge is -2.44. The Kier molecular flexibility index (Phi) is 5.67. The number of pyridine rings is 1. The fourth-order valence-corrected chi connectivity index (χ4v) is 4.86. The van der Waals surface area contributed by atoms with Crippen molar-refractivity contribution in [3.8, 4) is 11.3 Å². The number of nitrogens with one attached hydrogen (secondary N) is 2. The lowest BCUT2D eigenvalue weighted by Crippen LogP contribution is -2.61. The van der Waals surface area contributed by atoms with E-state index in [9.17, 15) is 13.2 Å². The van der Waals surface area contributed by atoms with E-state index in [2.05, 4.69) is 25.7 Å². The number of anilines is 2. The highest BCUT2D eigenvalue weighted by Gasteiger charge is 2.47. The van der Waals surface area contributed by atoms with Crippen molar-refractivity contribution in [1.29, 1.82) is 0 Å². The van der Waals surface area contributed by atoms with Crippen molar-refractivity contribution in [2.75, 3.05) is 50.7 Å². The fraction of sp³-hybridized carbons (Fsp3) is 0.478. The number of rotatable bonds is 7. The topological polar surface area (TPSA) is 97.4 Å². The molecule has 36 heavy (non-hydrogen) atoms. The first kappa shape index (κ1) is 23.0. The van der Waals surface area contributed by atoms with Crippen LogP contribution < -0.4 is 10.6 Å². The summed E-state index contributed by atoms with van der Waals surface area (Å²) < 4.78 is 51.3. The van der Waals surface area contributed by atoms with Crippen LogP contribution in [-0.2, 0) is 11.3 Å². The van der Waals surface area contributed by atoms with Gasteiger partial charge in [-0.15, -0.1) is 5.10 Å². The lowest BCUT2D eigenvalue weighted by atomic mass is 9.98. The van der Waals surface area contributed by atoms with Crippen molar-refractivity contribution >= 4 is 28.4 Å². The minimum Gasteiger partial charge on any atom is -0.378 e. The number of alkyl halides is 3. The van der Waals surface area contributed by atoms with Crippen LogP contribution in [0.3, 0.4) is 0 Å². The standard InChI is InChI=1S/C23H26F3N9O/c1-27-20-19-15(16-2-3-17-21(29-16)34(9-6-24)13-28-17)4-8-35(19)32-22(31-20)30-18-5-7-33(12-23(18,25)26)14-10-36-11-14/h2-4,8,13-14,18H,5-7,9-12H2,1H3,(H2,27,30,31,32)/t18-/m1/s1. The van der Waals surface area contributed by atoms with Gasteiger partial charge in [-0.3, -0.25) is 4.90 Å². The molecule has 13 heteroatoms. The molecule has 0 saturated carbocycles. The van der Waals surface area contributed by atoms with E-state index in [4.69, 9.17) is 9.72 Å². The van der Waals surface area contributed by atoms with Gasteiger partial charge in [0.1, 0.15) is 17.7 Å². The van der Waals surface area contributed by atoms with Crippen LogP contribution in [-0.4, -0.2) is 92.1 Å². The lowest BCUT2D eigenvalue weighted by molar-refractivity contribution is -0.131. The number of aryl methyl sites for hydroxylation is 1. The predicted molar refractivity (Wildman–Crippen MR) is 128 cm³/mol. The second-order valence-electron chi connectivity index (χ2n) is 9.13. The fourth-order valence-electron chi connectivity index (χ4n) is 4.86. The van der Waals surface area contributed by atoms with Crippen LogP contribution in [0.4, 0.5) is 24.9 Å². The summed E-state index contributed by atoms with van der Waals surface area (Å²) in [7, 11) is 1.71. The molecule has 0 amide bonds. The number of ether oxygens (including phenoxy) is 1. The zero-order valence-electron chi connectivity index (χ0n) is 19.7. The normalized spacial score (nSPS) is 20.6. The maximum Gasteiger partial charge on any atom is 0.280 e. The molecule has 2 aliphatic heterocycles. The van der Waals surface area contributed by atoms with Gasteiger partial charge in [0.15, 0.2) is 11.5 Å². The van der Waals surface area contributed by atoms with Crippen molar-refractivity contribution < 1.29 is 17.9 Å². The minimum absolute atomic E-state index is 0.0713. The molecule has 4 aromatic heterocycles. The number of imidazole rings is 1. The number of piperidine rings is 1. The molecular formula is C23H26F3N9O. The summed E-state index contributed by atoms with van der Waals surface area (Å²) in [4.78, 5) is 15.3. The van der Waals surface area contributed by atoms with Gasteiger partial charge in [0.2, 0.25) is 5.95 Å². The number of aromatic nitrogens is 6. The van der Waals surface area contributed by atoms with Crippen molar-refractivity contribution in [3.63, 3.8) is 0 Å². The molecule has 2 N–H and O–H groups in total. The smallest absolute Gasteiger partial charge is 0.280 e. The van der Waals surface area contributed by atoms with E-state index < -0.39 is 18.6 Å². The zero-order valence-corrected chi connectivity index (χ0v) is 19.7. The van der Waals surface area contributed by atoms with Crippen molar-refractivity contribution in [1.82, 2.24) is 34.0 Å². The van der Waals surface area contributed by atoms with E-state index in [1.54, 1.807) is 33.6 Å². The van der Waals surface area contributed by atoms with E-state index in [-0.39, 0.29) is 31.5 Å². The summed E-state index contributed by atoms with van der Waals surface area (Å²) in [5, 5.41) is 10.4. The van der Waals surface area contributed by atoms with E-state index in [0.717, 1.165) is 5.56 Å². The molecule has 10 nitrogen and oxygen atoms in total. The first-order valence-corrected chi connectivity index (χ1v) is 11.9. The van der Waals surface area contributed by atoms with E-state index >= 15 is 0 Å². The zero-order chi connectivity index (χ0) is 24.9. The number of hydrogen-bond acceptors (Lipinski definition) is 8. The molecule has 6 rings (SSSR count). The second-order valence-corrected chi connectivity index (χ2v) is 9.13. The molecule has 4 aromatic rings. The Balaban J connectivity index is 1.30. The molecule has 0 bridgehead atoms. The number of likely N-dealkylation sites (tertiary alicyclic amines) is 1. The number of nitrogens with zero attached hydrogens (tertiary/aromatic N) is 7. The Hall–Kier alpha value is -3.45. The molecule has 0 spiro atoms. The van der Waals surface area contributed by atoms with Crippen LogP contribution in [0, 0.1) is 0 Å². The highest BCUT2D eigenvalue weighted by Crippen LogP contribution is 2.33. The third-order valence-electron chi connectivity index (χ3n) is 6.88. The summed E-state index contributed by atoms with van der Waals surface area (Å²) in [5.41, 5.74) is 3.30. The van der Waals surface area contributed by atoms with Gasteiger partial charge >= 0.3 is 0 Å². The number of halogens is 3. The largest absolute Gasteiger partial charge is 0.378 e. The van der Waals surface area contributed by atoms with Gasteiger partial charge in [-0.25, -0.2) is 27.7 Å². The van der Waals surface area contributed by atoms with Gasteiger partial charge in [0, 0.05) is 25.4 Å². The summed E-state index contributed by atoms with van der Waals surface area (Å²) >= 11 is 0.